The van der Waals surface area contributed by atoms with Crippen molar-refractivity contribution in [3.8, 4) is 11.5 Å². The average Bonchev–Trinajstić information content (AvgIpc) is 2.24. The number of piperidine rings is 1. The van der Waals surface area contributed by atoms with Crippen LogP contribution in [0.15, 0.2) is 18.2 Å². The summed E-state index contributed by atoms with van der Waals surface area (Å²) in [6, 6.07) is 3.75. The highest BCUT2D eigenvalue weighted by Gasteiger charge is 2.29. The second kappa shape index (κ2) is 4.29. The first-order valence-corrected chi connectivity index (χ1v) is 5.47. The van der Waals surface area contributed by atoms with Crippen LogP contribution in [0.25, 0.3) is 0 Å². The largest absolute Gasteiger partial charge is 0.504 e. The van der Waals surface area contributed by atoms with Gasteiger partial charge in [-0.2, -0.15) is 0 Å². The number of hydrogen-bond acceptors (Lipinski definition) is 3. The Balaban J connectivity index is 2.15. The summed E-state index contributed by atoms with van der Waals surface area (Å²) in [5, 5.41) is 12.8. The number of halogens is 1. The smallest absolute Gasteiger partial charge is 0.164 e. The molecule has 0 amide bonds. The van der Waals surface area contributed by atoms with E-state index in [1.54, 1.807) is 0 Å². The second-order valence-corrected chi connectivity index (χ2v) is 4.41. The van der Waals surface area contributed by atoms with Crippen molar-refractivity contribution in [3.05, 3.63) is 24.0 Å². The van der Waals surface area contributed by atoms with E-state index >= 15 is 0 Å². The predicted molar refractivity (Wildman–Crippen MR) is 59.2 cm³/mol. The van der Waals surface area contributed by atoms with Crippen molar-refractivity contribution >= 4 is 0 Å². The number of rotatable bonds is 2. The van der Waals surface area contributed by atoms with Gasteiger partial charge >= 0.3 is 0 Å². The van der Waals surface area contributed by atoms with Gasteiger partial charge in [0.25, 0.3) is 0 Å². The maximum absolute atomic E-state index is 13.0. The molecule has 0 atom stereocenters. The van der Waals surface area contributed by atoms with E-state index in [2.05, 4.69) is 5.32 Å². The predicted octanol–water partition coefficient (Wildman–Crippen LogP) is 2.05. The molecular formula is C12H16FNO2. The van der Waals surface area contributed by atoms with Crippen LogP contribution in [0.2, 0.25) is 0 Å². The number of phenols is 1. The molecule has 16 heavy (non-hydrogen) atoms. The normalized spacial score (nSPS) is 19.4. The first-order valence-electron chi connectivity index (χ1n) is 5.47. The number of ether oxygens (including phenoxy) is 1. The number of aromatic hydroxyl groups is 1. The first-order chi connectivity index (χ1) is 7.59. The van der Waals surface area contributed by atoms with E-state index in [4.69, 9.17) is 4.74 Å². The molecule has 0 aliphatic carbocycles. The quantitative estimate of drug-likeness (QED) is 0.809. The second-order valence-electron chi connectivity index (χ2n) is 4.41. The molecule has 0 bridgehead atoms. The number of nitrogens with one attached hydrogen (secondary N) is 1. The van der Waals surface area contributed by atoms with Gasteiger partial charge in [-0.05, 0) is 45.0 Å². The van der Waals surface area contributed by atoms with E-state index in [0.717, 1.165) is 25.9 Å². The highest BCUT2D eigenvalue weighted by Crippen LogP contribution is 2.32. The lowest BCUT2D eigenvalue weighted by atomic mass is 9.94. The van der Waals surface area contributed by atoms with Crippen molar-refractivity contribution in [2.45, 2.75) is 25.4 Å². The van der Waals surface area contributed by atoms with Crippen LogP contribution in [0.4, 0.5) is 4.39 Å². The molecule has 1 aromatic carbocycles. The molecular weight excluding hydrogens is 209 g/mol. The molecule has 1 aliphatic rings. The summed E-state index contributed by atoms with van der Waals surface area (Å²) in [6.07, 6.45) is 1.70. The Bertz CT molecular complexity index is 375. The first kappa shape index (κ1) is 11.2. The Morgan fingerprint density at radius 1 is 1.38 bits per heavy atom. The highest BCUT2D eigenvalue weighted by molar-refractivity contribution is 5.39. The van der Waals surface area contributed by atoms with E-state index in [-0.39, 0.29) is 17.1 Å². The summed E-state index contributed by atoms with van der Waals surface area (Å²) < 4.78 is 18.7. The van der Waals surface area contributed by atoms with Crippen LogP contribution >= 0.6 is 0 Å². The van der Waals surface area contributed by atoms with Gasteiger partial charge in [0.05, 0.1) is 0 Å². The van der Waals surface area contributed by atoms with Crippen molar-refractivity contribution in [1.82, 2.24) is 5.32 Å². The fourth-order valence-electron chi connectivity index (χ4n) is 1.89. The lowest BCUT2D eigenvalue weighted by molar-refractivity contribution is 0.0524. The van der Waals surface area contributed by atoms with Gasteiger partial charge in [0, 0.05) is 6.07 Å². The van der Waals surface area contributed by atoms with E-state index in [1.807, 2.05) is 6.92 Å². The Kier molecular flexibility index (Phi) is 3.01. The maximum Gasteiger partial charge on any atom is 0.164 e. The van der Waals surface area contributed by atoms with Gasteiger partial charge in [-0.3, -0.25) is 0 Å². The van der Waals surface area contributed by atoms with E-state index < -0.39 is 5.82 Å². The minimum absolute atomic E-state index is 0.0128. The van der Waals surface area contributed by atoms with Gasteiger partial charge in [-0.25, -0.2) is 4.39 Å². The zero-order chi connectivity index (χ0) is 11.6. The Hall–Kier alpha value is -1.29. The van der Waals surface area contributed by atoms with Crippen LogP contribution in [0.3, 0.4) is 0 Å². The van der Waals surface area contributed by atoms with E-state index in [1.165, 1.54) is 18.2 Å². The lowest BCUT2D eigenvalue weighted by Crippen LogP contribution is -2.43. The summed E-state index contributed by atoms with van der Waals surface area (Å²) in [7, 11) is 0. The minimum Gasteiger partial charge on any atom is -0.504 e. The molecule has 0 saturated carbocycles. The minimum atomic E-state index is -0.398. The van der Waals surface area contributed by atoms with Crippen molar-refractivity contribution in [2.75, 3.05) is 13.1 Å². The molecule has 1 fully saturated rings. The summed E-state index contributed by atoms with van der Waals surface area (Å²) in [5.74, 6) is -0.184. The van der Waals surface area contributed by atoms with Crippen LogP contribution in [0, 0.1) is 5.82 Å². The van der Waals surface area contributed by atoms with Crippen molar-refractivity contribution < 1.29 is 14.2 Å². The molecule has 1 aromatic rings. The molecule has 1 heterocycles. The molecule has 2 N–H and O–H groups in total. The zero-order valence-corrected chi connectivity index (χ0v) is 9.29. The van der Waals surface area contributed by atoms with Crippen LogP contribution < -0.4 is 10.1 Å². The molecule has 4 heteroatoms. The monoisotopic (exact) mass is 225 g/mol. The SMILES string of the molecule is CC1(Oc2cc(F)ccc2O)CCNCC1. The standard InChI is InChI=1S/C12H16FNO2/c1-12(4-6-14-7-5-12)16-11-8-9(13)2-3-10(11)15/h2-3,8,14-15H,4-7H2,1H3. The molecule has 0 spiro atoms. The zero-order valence-electron chi connectivity index (χ0n) is 9.29. The Labute approximate surface area is 94.2 Å². The highest BCUT2D eigenvalue weighted by atomic mass is 19.1. The molecule has 3 nitrogen and oxygen atoms in total. The molecule has 2 rings (SSSR count). The molecule has 0 radical (unpaired) electrons. The van der Waals surface area contributed by atoms with Crippen LogP contribution in [-0.2, 0) is 0 Å². The van der Waals surface area contributed by atoms with Crippen molar-refractivity contribution in [2.24, 2.45) is 0 Å². The summed E-state index contributed by atoms with van der Waals surface area (Å²) in [6.45, 7) is 3.75. The molecule has 1 saturated heterocycles. The van der Waals surface area contributed by atoms with Gasteiger partial charge in [-0.15, -0.1) is 0 Å². The third-order valence-corrected chi connectivity index (χ3v) is 2.94. The molecule has 0 aromatic heterocycles. The molecule has 1 aliphatic heterocycles. The van der Waals surface area contributed by atoms with Gasteiger partial charge in [0.1, 0.15) is 11.4 Å². The van der Waals surface area contributed by atoms with Gasteiger partial charge < -0.3 is 15.2 Å². The van der Waals surface area contributed by atoms with Crippen LogP contribution in [-0.4, -0.2) is 23.8 Å². The fourth-order valence-corrected chi connectivity index (χ4v) is 1.89. The third kappa shape index (κ3) is 2.44. The van der Waals surface area contributed by atoms with Crippen LogP contribution in [0.1, 0.15) is 19.8 Å². The molecule has 88 valence electrons. The van der Waals surface area contributed by atoms with Gasteiger partial charge in [-0.1, -0.05) is 0 Å². The van der Waals surface area contributed by atoms with Gasteiger partial charge in [0.2, 0.25) is 0 Å². The van der Waals surface area contributed by atoms with Crippen LogP contribution in [0.5, 0.6) is 11.5 Å². The summed E-state index contributed by atoms with van der Waals surface area (Å²) >= 11 is 0. The van der Waals surface area contributed by atoms with E-state index in [0.29, 0.717) is 0 Å². The summed E-state index contributed by atoms with van der Waals surface area (Å²) in [4.78, 5) is 0. The number of hydrogen-bond donors (Lipinski definition) is 2. The lowest BCUT2D eigenvalue weighted by Gasteiger charge is -2.34. The third-order valence-electron chi connectivity index (χ3n) is 2.94. The Morgan fingerprint density at radius 3 is 2.75 bits per heavy atom. The van der Waals surface area contributed by atoms with E-state index in [9.17, 15) is 9.50 Å². The average molecular weight is 225 g/mol. The topological polar surface area (TPSA) is 41.5 Å². The van der Waals surface area contributed by atoms with Gasteiger partial charge in [0.15, 0.2) is 11.5 Å². The van der Waals surface area contributed by atoms with Crippen molar-refractivity contribution in [3.63, 3.8) is 0 Å². The summed E-state index contributed by atoms with van der Waals surface area (Å²) in [5.41, 5.74) is -0.323. The fraction of sp³-hybridized carbons (Fsp3) is 0.500. The number of benzene rings is 1. The Morgan fingerprint density at radius 2 is 2.06 bits per heavy atom. The maximum atomic E-state index is 13.0. The number of phenolic OH excluding ortho intramolecular Hbond substituents is 1. The van der Waals surface area contributed by atoms with Crippen molar-refractivity contribution in [1.29, 1.82) is 0 Å². The molecule has 0 unspecified atom stereocenters.